The maximum Gasteiger partial charge on any atom is 0.269 e. The molecule has 36 heavy (non-hydrogen) atoms. The summed E-state index contributed by atoms with van der Waals surface area (Å²) >= 11 is 1.36. The lowest BCUT2D eigenvalue weighted by molar-refractivity contribution is -0.384. The van der Waals surface area contributed by atoms with Gasteiger partial charge in [0.15, 0.2) is 0 Å². The fourth-order valence-electron chi connectivity index (χ4n) is 3.67. The molecule has 0 atom stereocenters. The highest BCUT2D eigenvalue weighted by atomic mass is 32.1. The van der Waals surface area contributed by atoms with E-state index in [0.717, 1.165) is 21.9 Å². The van der Waals surface area contributed by atoms with Crippen LogP contribution in [0.5, 0.6) is 5.75 Å². The highest BCUT2D eigenvalue weighted by Crippen LogP contribution is 2.29. The third-order valence-electron chi connectivity index (χ3n) is 5.50. The molecule has 1 heterocycles. The topological polar surface area (TPSA) is 89.7 Å². The fourth-order valence-corrected chi connectivity index (χ4v) is 4.34. The summed E-state index contributed by atoms with van der Waals surface area (Å²) in [6.45, 7) is 0.0877. The minimum atomic E-state index is -0.436. The van der Waals surface area contributed by atoms with E-state index in [4.69, 9.17) is 4.74 Å². The number of anilines is 1. The molecule has 178 valence electrons. The van der Waals surface area contributed by atoms with E-state index in [2.05, 4.69) is 15.5 Å². The molecule has 4 aromatic carbocycles. The summed E-state index contributed by atoms with van der Waals surface area (Å²) in [5.74, 6) is 0.260. The average Bonchev–Trinajstić information content (AvgIpc) is 3.38. The zero-order valence-electron chi connectivity index (χ0n) is 18.8. The second-order valence-electron chi connectivity index (χ2n) is 7.79. The molecule has 5 aromatic rings. The Labute approximate surface area is 209 Å². The van der Waals surface area contributed by atoms with Crippen molar-refractivity contribution in [2.45, 2.75) is 6.61 Å². The first kappa shape index (κ1) is 23.1. The van der Waals surface area contributed by atoms with E-state index < -0.39 is 4.92 Å². The molecule has 0 saturated heterocycles. The van der Waals surface area contributed by atoms with Gasteiger partial charge < -0.3 is 4.74 Å². The minimum absolute atomic E-state index is 0.0278. The Morgan fingerprint density at radius 2 is 1.81 bits per heavy atom. The van der Waals surface area contributed by atoms with Gasteiger partial charge in [-0.25, -0.2) is 9.37 Å². The SMILES string of the molecule is O=[N+]([O-])c1ccc(-c2csc(N/N=C\c3c(OCc4ccccc4F)ccc4ccccc34)n2)cc1. The number of benzene rings is 4. The molecule has 0 aliphatic carbocycles. The van der Waals surface area contributed by atoms with Crippen LogP contribution in [0.15, 0.2) is 95.4 Å². The second-order valence-corrected chi connectivity index (χ2v) is 8.65. The smallest absolute Gasteiger partial charge is 0.269 e. The molecule has 0 aliphatic rings. The molecule has 0 bridgehead atoms. The number of hydrogen-bond donors (Lipinski definition) is 1. The molecule has 5 rings (SSSR count). The number of nitrogens with zero attached hydrogens (tertiary/aromatic N) is 3. The number of nitro benzene ring substituents is 1. The maximum atomic E-state index is 14.1. The molecule has 1 aromatic heterocycles. The third-order valence-corrected chi connectivity index (χ3v) is 6.25. The second kappa shape index (κ2) is 10.3. The van der Waals surface area contributed by atoms with Gasteiger partial charge in [-0.15, -0.1) is 11.3 Å². The lowest BCUT2D eigenvalue weighted by atomic mass is 10.0. The van der Waals surface area contributed by atoms with Crippen molar-refractivity contribution < 1.29 is 14.1 Å². The lowest BCUT2D eigenvalue weighted by Crippen LogP contribution is -2.01. The van der Waals surface area contributed by atoms with Gasteiger partial charge in [-0.1, -0.05) is 48.5 Å². The summed E-state index contributed by atoms with van der Waals surface area (Å²) in [6, 6.07) is 24.4. The number of aromatic nitrogens is 1. The lowest BCUT2D eigenvalue weighted by Gasteiger charge is -2.12. The van der Waals surface area contributed by atoms with Gasteiger partial charge in [-0.3, -0.25) is 15.5 Å². The summed E-state index contributed by atoms with van der Waals surface area (Å²) in [6.07, 6.45) is 1.66. The number of thiazole rings is 1. The Kier molecular flexibility index (Phi) is 6.63. The van der Waals surface area contributed by atoms with Crippen molar-refractivity contribution in [1.82, 2.24) is 4.98 Å². The predicted molar refractivity (Wildman–Crippen MR) is 140 cm³/mol. The van der Waals surface area contributed by atoms with Crippen molar-refractivity contribution in [2.75, 3.05) is 5.43 Å². The highest BCUT2D eigenvalue weighted by Gasteiger charge is 2.10. The molecular formula is C27H19FN4O3S. The highest BCUT2D eigenvalue weighted by molar-refractivity contribution is 7.14. The average molecular weight is 499 g/mol. The van der Waals surface area contributed by atoms with Gasteiger partial charge in [0.25, 0.3) is 5.69 Å². The molecule has 0 amide bonds. The Morgan fingerprint density at radius 3 is 2.61 bits per heavy atom. The van der Waals surface area contributed by atoms with E-state index in [1.807, 2.05) is 41.8 Å². The molecule has 0 unspecified atom stereocenters. The molecule has 0 fully saturated rings. The number of rotatable bonds is 8. The fraction of sp³-hybridized carbons (Fsp3) is 0.0370. The van der Waals surface area contributed by atoms with Gasteiger partial charge in [-0.2, -0.15) is 5.10 Å². The number of non-ortho nitro benzene ring substituents is 1. The van der Waals surface area contributed by atoms with Crippen LogP contribution < -0.4 is 10.2 Å². The van der Waals surface area contributed by atoms with Gasteiger partial charge in [0, 0.05) is 34.2 Å². The normalized spacial score (nSPS) is 11.1. The maximum absolute atomic E-state index is 14.1. The summed E-state index contributed by atoms with van der Waals surface area (Å²) in [5.41, 5.74) is 5.65. The van der Waals surface area contributed by atoms with E-state index in [0.29, 0.717) is 22.1 Å². The predicted octanol–water partition coefficient (Wildman–Crippen LogP) is 7.04. The van der Waals surface area contributed by atoms with Crippen LogP contribution in [-0.4, -0.2) is 16.1 Å². The summed E-state index contributed by atoms with van der Waals surface area (Å²) < 4.78 is 20.0. The number of halogens is 1. The number of fused-ring (bicyclic) bond motifs is 1. The van der Waals surface area contributed by atoms with E-state index in [9.17, 15) is 14.5 Å². The van der Waals surface area contributed by atoms with E-state index in [1.54, 1.807) is 36.5 Å². The largest absolute Gasteiger partial charge is 0.488 e. The number of nitro groups is 1. The Hall–Kier alpha value is -4.63. The van der Waals surface area contributed by atoms with Crippen LogP contribution >= 0.6 is 11.3 Å². The molecular weight excluding hydrogens is 479 g/mol. The quantitative estimate of drug-likeness (QED) is 0.141. The van der Waals surface area contributed by atoms with Crippen molar-refractivity contribution in [3.63, 3.8) is 0 Å². The van der Waals surface area contributed by atoms with Crippen LogP contribution in [0, 0.1) is 15.9 Å². The summed E-state index contributed by atoms with van der Waals surface area (Å²) in [5, 5.41) is 19.6. The Bertz CT molecular complexity index is 1570. The van der Waals surface area contributed by atoms with Crippen LogP contribution in [-0.2, 0) is 6.61 Å². The molecule has 0 spiro atoms. The van der Waals surface area contributed by atoms with Crippen LogP contribution in [0.25, 0.3) is 22.0 Å². The molecule has 1 N–H and O–H groups in total. The third kappa shape index (κ3) is 5.06. The number of nitrogens with one attached hydrogen (secondary N) is 1. The van der Waals surface area contributed by atoms with Crippen LogP contribution in [0.2, 0.25) is 0 Å². The van der Waals surface area contributed by atoms with Crippen molar-refractivity contribution >= 4 is 39.1 Å². The molecule has 7 nitrogen and oxygen atoms in total. The van der Waals surface area contributed by atoms with Crippen molar-refractivity contribution in [3.8, 4) is 17.0 Å². The van der Waals surface area contributed by atoms with E-state index in [1.165, 1.54) is 29.5 Å². The van der Waals surface area contributed by atoms with E-state index >= 15 is 0 Å². The van der Waals surface area contributed by atoms with Gasteiger partial charge >= 0.3 is 0 Å². The monoisotopic (exact) mass is 498 g/mol. The van der Waals surface area contributed by atoms with Crippen LogP contribution in [0.4, 0.5) is 15.2 Å². The van der Waals surface area contributed by atoms with Crippen molar-refractivity contribution in [3.05, 3.63) is 117 Å². The first-order chi connectivity index (χ1) is 17.6. The molecule has 9 heteroatoms. The van der Waals surface area contributed by atoms with Gasteiger partial charge in [-0.05, 0) is 35.0 Å². The molecule has 0 radical (unpaired) electrons. The van der Waals surface area contributed by atoms with Crippen molar-refractivity contribution in [2.24, 2.45) is 5.10 Å². The van der Waals surface area contributed by atoms with Crippen LogP contribution in [0.3, 0.4) is 0 Å². The zero-order valence-corrected chi connectivity index (χ0v) is 19.6. The van der Waals surface area contributed by atoms with Crippen molar-refractivity contribution in [1.29, 1.82) is 0 Å². The minimum Gasteiger partial charge on any atom is -0.488 e. The van der Waals surface area contributed by atoms with E-state index in [-0.39, 0.29) is 18.1 Å². The first-order valence-electron chi connectivity index (χ1n) is 11.0. The molecule has 0 aliphatic heterocycles. The first-order valence-corrected chi connectivity index (χ1v) is 11.8. The molecule has 0 saturated carbocycles. The Balaban J connectivity index is 1.36. The zero-order chi connectivity index (χ0) is 24.9. The van der Waals surface area contributed by atoms with Gasteiger partial charge in [0.1, 0.15) is 18.2 Å². The Morgan fingerprint density at radius 1 is 1.03 bits per heavy atom. The standard InChI is InChI=1S/C27H19FN4O3S/c28-24-8-4-2-6-20(24)16-35-26-14-11-18-5-1-3-7-22(18)23(26)15-29-31-27-30-25(17-36-27)19-9-12-21(13-10-19)32(33)34/h1-15,17H,16H2,(H,30,31)/b29-15-. The number of hydrazone groups is 1. The van der Waals surface area contributed by atoms with Gasteiger partial charge in [0.2, 0.25) is 5.13 Å². The van der Waals surface area contributed by atoms with Crippen LogP contribution in [0.1, 0.15) is 11.1 Å². The summed E-state index contributed by atoms with van der Waals surface area (Å²) in [4.78, 5) is 14.9. The number of hydrogen-bond acceptors (Lipinski definition) is 7. The van der Waals surface area contributed by atoms with Gasteiger partial charge in [0.05, 0.1) is 16.8 Å². The summed E-state index contributed by atoms with van der Waals surface area (Å²) in [7, 11) is 0. The number of ether oxygens (including phenoxy) is 1.